The van der Waals surface area contributed by atoms with Gasteiger partial charge in [-0.1, -0.05) is 114 Å². The number of halogens is 1. The van der Waals surface area contributed by atoms with E-state index in [2.05, 4.69) is 0 Å². The van der Waals surface area contributed by atoms with E-state index >= 15 is 0 Å². The smallest absolute Gasteiger partial charge is 0.174 e. The Morgan fingerprint density at radius 2 is 1.18 bits per heavy atom. The van der Waals surface area contributed by atoms with Gasteiger partial charge in [0.05, 0.1) is 30.9 Å². The van der Waals surface area contributed by atoms with Crippen LogP contribution in [0.2, 0.25) is 0 Å². The van der Waals surface area contributed by atoms with Gasteiger partial charge in [-0.05, 0) is 16.7 Å². The van der Waals surface area contributed by atoms with Crippen LogP contribution in [-0.2, 0) is 38.8 Å². The number of hydrogen-bond acceptors (Lipinski definition) is 5. The van der Waals surface area contributed by atoms with E-state index in [1.165, 1.54) is 0 Å². The molecule has 6 heteroatoms. The predicted octanol–water partition coefficient (Wildman–Crippen LogP) is 4.74. The lowest BCUT2D eigenvalue weighted by atomic mass is 10.0. The molecule has 0 aliphatic rings. The minimum atomic E-state index is -1.04. The second-order valence-electron chi connectivity index (χ2n) is 7.65. The monoisotopic (exact) mass is 560 g/mol. The molecule has 5 nitrogen and oxygen atoms in total. The summed E-state index contributed by atoms with van der Waals surface area (Å²) in [5, 5.41) is 11.0. The van der Waals surface area contributed by atoms with Crippen LogP contribution >= 0.6 is 22.6 Å². The maximum Gasteiger partial charge on any atom is 0.174 e. The van der Waals surface area contributed by atoms with Crippen molar-refractivity contribution in [1.29, 1.82) is 0 Å². The number of hydrogen-bond donors (Lipinski definition) is 1. The Morgan fingerprint density at radius 1 is 0.727 bits per heavy atom. The average molecular weight is 560 g/mol. The molecule has 3 aromatic carbocycles. The molecule has 0 fully saturated rings. The molecule has 0 unspecified atom stereocenters. The van der Waals surface area contributed by atoms with Crippen molar-refractivity contribution < 1.29 is 24.1 Å². The minimum Gasteiger partial charge on any atom is -0.388 e. The van der Waals surface area contributed by atoms with Gasteiger partial charge in [-0.15, -0.1) is 0 Å². The van der Waals surface area contributed by atoms with E-state index in [1.54, 1.807) is 0 Å². The zero-order valence-corrected chi connectivity index (χ0v) is 20.5. The lowest BCUT2D eigenvalue weighted by Gasteiger charge is -2.30. The molecule has 0 radical (unpaired) electrons. The third-order valence-corrected chi connectivity index (χ3v) is 5.84. The summed E-state index contributed by atoms with van der Waals surface area (Å²) in [4.78, 5) is 12.8. The number of ketones is 1. The van der Waals surface area contributed by atoms with Crippen LogP contribution in [0.25, 0.3) is 0 Å². The molecule has 0 spiro atoms. The van der Waals surface area contributed by atoms with E-state index in [-0.39, 0.29) is 30.0 Å². The zero-order chi connectivity index (χ0) is 23.3. The number of alkyl halides is 1. The Balaban J connectivity index is 1.70. The SMILES string of the molecule is O=C(CI)[C@H](OCc1ccccc1)[C@@H](OCc1ccccc1)[C@H](O)COCc1ccccc1. The van der Waals surface area contributed by atoms with Gasteiger partial charge in [0.25, 0.3) is 0 Å². The highest BCUT2D eigenvalue weighted by atomic mass is 127. The molecule has 1 N–H and O–H groups in total. The molecule has 0 heterocycles. The van der Waals surface area contributed by atoms with Crippen molar-refractivity contribution in [2.75, 3.05) is 11.0 Å². The number of ether oxygens (including phenoxy) is 3. The summed E-state index contributed by atoms with van der Waals surface area (Å²) in [5.41, 5.74) is 2.90. The van der Waals surface area contributed by atoms with Gasteiger partial charge >= 0.3 is 0 Å². The van der Waals surface area contributed by atoms with Gasteiger partial charge in [-0.3, -0.25) is 4.79 Å². The van der Waals surface area contributed by atoms with Crippen LogP contribution in [0.1, 0.15) is 16.7 Å². The molecule has 0 amide bonds. The molecule has 0 aromatic heterocycles. The van der Waals surface area contributed by atoms with Gasteiger partial charge in [0.2, 0.25) is 0 Å². The first-order valence-electron chi connectivity index (χ1n) is 10.9. The lowest BCUT2D eigenvalue weighted by Crippen LogP contribution is -2.48. The van der Waals surface area contributed by atoms with Gasteiger partial charge in [-0.2, -0.15) is 0 Å². The van der Waals surface area contributed by atoms with Gasteiger partial charge in [0.15, 0.2) is 5.78 Å². The first-order valence-corrected chi connectivity index (χ1v) is 12.4. The minimum absolute atomic E-state index is 0.0219. The van der Waals surface area contributed by atoms with Crippen LogP contribution in [0.5, 0.6) is 0 Å². The molecule has 0 aliphatic carbocycles. The second-order valence-corrected chi connectivity index (χ2v) is 8.41. The topological polar surface area (TPSA) is 65.0 Å². The molecule has 3 atom stereocenters. The summed E-state index contributed by atoms with van der Waals surface area (Å²) in [6.07, 6.45) is -2.82. The molecule has 0 saturated heterocycles. The zero-order valence-electron chi connectivity index (χ0n) is 18.4. The standard InChI is InChI=1S/C27H29IO5/c28-16-24(29)26(32-18-22-12-6-2-7-13-22)27(33-19-23-14-8-3-9-15-23)25(30)20-31-17-21-10-4-1-5-11-21/h1-15,25-27,30H,16-20H2/t25-,26+,27+/m1/s1. The average Bonchev–Trinajstić information content (AvgIpc) is 2.87. The highest BCUT2D eigenvalue weighted by Crippen LogP contribution is 2.18. The van der Waals surface area contributed by atoms with Crippen molar-refractivity contribution >= 4 is 28.4 Å². The summed E-state index contributed by atoms with van der Waals surface area (Å²) in [7, 11) is 0. The van der Waals surface area contributed by atoms with Crippen LogP contribution in [0.4, 0.5) is 0 Å². The molecule has 0 saturated carbocycles. The largest absolute Gasteiger partial charge is 0.388 e. The number of carbonyl (C=O) groups is 1. The first-order chi connectivity index (χ1) is 16.2. The Morgan fingerprint density at radius 3 is 1.67 bits per heavy atom. The normalized spacial score (nSPS) is 13.9. The first kappa shape index (κ1) is 25.5. The van der Waals surface area contributed by atoms with E-state index in [0.717, 1.165) is 16.7 Å². The highest BCUT2D eigenvalue weighted by Gasteiger charge is 2.35. The molecular weight excluding hydrogens is 531 g/mol. The molecule has 3 rings (SSSR count). The molecule has 3 aromatic rings. The van der Waals surface area contributed by atoms with Gasteiger partial charge in [0.1, 0.15) is 18.3 Å². The van der Waals surface area contributed by atoms with Crippen molar-refractivity contribution in [3.8, 4) is 0 Å². The van der Waals surface area contributed by atoms with Gasteiger partial charge in [-0.25, -0.2) is 0 Å². The number of aliphatic hydroxyl groups excluding tert-OH is 1. The molecular formula is C27H29IO5. The molecule has 174 valence electrons. The maximum absolute atomic E-state index is 12.8. The predicted molar refractivity (Wildman–Crippen MR) is 136 cm³/mol. The fourth-order valence-electron chi connectivity index (χ4n) is 3.34. The third kappa shape index (κ3) is 8.64. The Kier molecular flexibility index (Phi) is 11.0. The van der Waals surface area contributed by atoms with Crippen LogP contribution in [0.3, 0.4) is 0 Å². The van der Waals surface area contributed by atoms with Crippen molar-refractivity contribution in [2.24, 2.45) is 0 Å². The summed E-state index contributed by atoms with van der Waals surface area (Å²) in [6.45, 7) is 0.880. The summed E-state index contributed by atoms with van der Waals surface area (Å²) in [6, 6.07) is 29.0. The molecule has 33 heavy (non-hydrogen) atoms. The van der Waals surface area contributed by atoms with E-state index in [1.807, 2.05) is 114 Å². The van der Waals surface area contributed by atoms with Crippen molar-refractivity contribution in [1.82, 2.24) is 0 Å². The number of carbonyl (C=O) groups excluding carboxylic acids is 1. The lowest BCUT2D eigenvalue weighted by molar-refractivity contribution is -0.163. The number of Topliss-reactive ketones (excluding diaryl/α,β-unsaturated/α-hetero) is 1. The van der Waals surface area contributed by atoms with E-state index in [0.29, 0.717) is 6.61 Å². The number of rotatable bonds is 14. The van der Waals surface area contributed by atoms with Crippen molar-refractivity contribution in [2.45, 2.75) is 38.1 Å². The van der Waals surface area contributed by atoms with Crippen molar-refractivity contribution in [3.05, 3.63) is 108 Å². The van der Waals surface area contributed by atoms with Gasteiger partial charge < -0.3 is 19.3 Å². The fourth-order valence-corrected chi connectivity index (χ4v) is 3.77. The Hall–Kier alpha value is -2.10. The number of benzene rings is 3. The summed E-state index contributed by atoms with van der Waals surface area (Å²) < 4.78 is 18.1. The van der Waals surface area contributed by atoms with Crippen LogP contribution in [-0.4, -0.2) is 40.2 Å². The van der Waals surface area contributed by atoms with E-state index in [9.17, 15) is 9.90 Å². The summed E-state index contributed by atoms with van der Waals surface area (Å²) in [5.74, 6) is -0.133. The Bertz CT molecular complexity index is 937. The molecule has 0 aliphatic heterocycles. The van der Waals surface area contributed by atoms with Crippen LogP contribution < -0.4 is 0 Å². The fraction of sp³-hybridized carbons (Fsp3) is 0.296. The quantitative estimate of drug-likeness (QED) is 0.228. The maximum atomic E-state index is 12.8. The van der Waals surface area contributed by atoms with E-state index < -0.39 is 18.3 Å². The second kappa shape index (κ2) is 14.2. The summed E-state index contributed by atoms with van der Waals surface area (Å²) >= 11 is 2.02. The third-order valence-electron chi connectivity index (χ3n) is 5.08. The Labute approximate surface area is 208 Å². The van der Waals surface area contributed by atoms with Crippen LogP contribution in [0.15, 0.2) is 91.0 Å². The molecule has 0 bridgehead atoms. The van der Waals surface area contributed by atoms with Gasteiger partial charge in [0, 0.05) is 0 Å². The van der Waals surface area contributed by atoms with Crippen LogP contribution in [0, 0.1) is 0 Å². The number of aliphatic hydroxyl groups is 1. The van der Waals surface area contributed by atoms with Crippen molar-refractivity contribution in [3.63, 3.8) is 0 Å². The van der Waals surface area contributed by atoms with E-state index in [4.69, 9.17) is 14.2 Å². The highest BCUT2D eigenvalue weighted by molar-refractivity contribution is 14.1.